The number of aliphatic hydroxyl groups is 1. The third kappa shape index (κ3) is 10.2. The minimum absolute atomic E-state index is 0.0408. The Kier molecular flexibility index (Phi) is 11.9. The average Bonchev–Trinajstić information content (AvgIpc) is 2.73. The maximum absolute atomic E-state index is 12.4. The third-order valence-electron chi connectivity index (χ3n) is 5.61. The molecule has 2 N–H and O–H groups in total. The lowest BCUT2D eigenvalue weighted by Crippen LogP contribution is -2.26. The number of ketones is 2. The van der Waals surface area contributed by atoms with Gasteiger partial charge in [0.05, 0.1) is 7.11 Å². The number of phenolic OH excluding ortho intramolecular Hbond substituents is 1. The van der Waals surface area contributed by atoms with Gasteiger partial charge in [0.15, 0.2) is 11.6 Å². The Bertz CT molecular complexity index is 916. The van der Waals surface area contributed by atoms with Crippen LogP contribution in [-0.2, 0) is 16.0 Å². The van der Waals surface area contributed by atoms with Gasteiger partial charge in [-0.25, -0.2) is 0 Å². The molecule has 5 nitrogen and oxygen atoms in total. The number of aliphatic hydroxyl groups excluding tert-OH is 1. The Morgan fingerprint density at radius 2 is 1.76 bits per heavy atom. The summed E-state index contributed by atoms with van der Waals surface area (Å²) in [4.78, 5) is 24.4. The third-order valence-corrected chi connectivity index (χ3v) is 5.61. The van der Waals surface area contributed by atoms with Crippen molar-refractivity contribution in [2.45, 2.75) is 79.8 Å². The maximum Gasteiger partial charge on any atom is 0.184 e. The van der Waals surface area contributed by atoms with Gasteiger partial charge in [-0.05, 0) is 96.1 Å². The summed E-state index contributed by atoms with van der Waals surface area (Å²) in [5, 5.41) is 20.4. The first-order valence-electron chi connectivity index (χ1n) is 11.5. The van der Waals surface area contributed by atoms with Crippen LogP contribution in [0.25, 0.3) is 0 Å². The van der Waals surface area contributed by atoms with Crippen LogP contribution < -0.4 is 4.74 Å². The molecule has 0 aliphatic heterocycles. The summed E-state index contributed by atoms with van der Waals surface area (Å²) < 4.78 is 5.27. The van der Waals surface area contributed by atoms with Gasteiger partial charge < -0.3 is 14.9 Å². The van der Waals surface area contributed by atoms with E-state index in [0.717, 1.165) is 40.7 Å². The monoisotopic (exact) mass is 456 g/mol. The molecule has 33 heavy (non-hydrogen) atoms. The van der Waals surface area contributed by atoms with E-state index in [1.54, 1.807) is 19.3 Å². The van der Waals surface area contributed by atoms with E-state index in [1.165, 1.54) is 6.08 Å². The van der Waals surface area contributed by atoms with Crippen molar-refractivity contribution in [3.63, 3.8) is 0 Å². The summed E-state index contributed by atoms with van der Waals surface area (Å²) in [6.45, 7) is 11.2. The zero-order valence-electron chi connectivity index (χ0n) is 21.2. The van der Waals surface area contributed by atoms with Gasteiger partial charge in [-0.3, -0.25) is 9.59 Å². The maximum atomic E-state index is 12.4. The summed E-state index contributed by atoms with van der Waals surface area (Å²) in [5.74, 6) is 0.620. The van der Waals surface area contributed by atoms with Gasteiger partial charge >= 0.3 is 0 Å². The highest BCUT2D eigenvalue weighted by Gasteiger charge is 2.20. The Labute approximate surface area is 198 Å². The second-order valence-corrected chi connectivity index (χ2v) is 9.28. The van der Waals surface area contributed by atoms with Gasteiger partial charge in [0, 0.05) is 12.0 Å². The van der Waals surface area contributed by atoms with Gasteiger partial charge in [0.2, 0.25) is 0 Å². The van der Waals surface area contributed by atoms with E-state index >= 15 is 0 Å². The quantitative estimate of drug-likeness (QED) is 0.289. The lowest BCUT2D eigenvalue weighted by molar-refractivity contribution is -0.124. The first kappa shape index (κ1) is 28.4. The Morgan fingerprint density at radius 3 is 2.36 bits per heavy atom. The number of aromatic hydroxyl groups is 1. The number of methoxy groups -OCH3 is 1. The molecule has 0 bridgehead atoms. The first-order chi connectivity index (χ1) is 15.4. The average molecular weight is 457 g/mol. The summed E-state index contributed by atoms with van der Waals surface area (Å²) in [6, 6.07) is 3.60. The highest BCUT2D eigenvalue weighted by atomic mass is 16.5. The second kappa shape index (κ2) is 13.8. The number of carbonyl (C=O) groups is 2. The van der Waals surface area contributed by atoms with Crippen molar-refractivity contribution in [3.8, 4) is 11.5 Å². The fraction of sp³-hybridized carbons (Fsp3) is 0.500. The molecule has 1 aromatic carbocycles. The molecule has 5 heteroatoms. The number of benzene rings is 1. The van der Waals surface area contributed by atoms with E-state index in [2.05, 4.69) is 0 Å². The van der Waals surface area contributed by atoms with Crippen LogP contribution in [0, 0.1) is 12.8 Å². The molecule has 2 unspecified atom stereocenters. The SMILES string of the molecule is COc1cc(C)c(O)c(C/C=C(\C)CC(=O)/C=C(\C)CCCC(C)C(O)C(=O)C=C(C)C)c1. The van der Waals surface area contributed by atoms with Crippen LogP contribution in [0.4, 0.5) is 0 Å². The largest absolute Gasteiger partial charge is 0.507 e. The molecule has 1 rings (SSSR count). The molecule has 0 radical (unpaired) electrons. The number of phenols is 1. The molecule has 0 aliphatic rings. The van der Waals surface area contributed by atoms with Crippen molar-refractivity contribution >= 4 is 11.6 Å². The van der Waals surface area contributed by atoms with Crippen molar-refractivity contribution in [3.05, 3.63) is 58.2 Å². The molecule has 0 spiro atoms. The summed E-state index contributed by atoms with van der Waals surface area (Å²) in [6.07, 6.45) is 7.26. The van der Waals surface area contributed by atoms with Gasteiger partial charge in [-0.15, -0.1) is 0 Å². The van der Waals surface area contributed by atoms with Crippen LogP contribution in [0.3, 0.4) is 0 Å². The van der Waals surface area contributed by atoms with Crippen molar-refractivity contribution in [2.75, 3.05) is 7.11 Å². The number of carbonyl (C=O) groups excluding carboxylic acids is 2. The highest BCUT2D eigenvalue weighted by Crippen LogP contribution is 2.28. The van der Waals surface area contributed by atoms with Crippen LogP contribution in [-0.4, -0.2) is 35.0 Å². The highest BCUT2D eigenvalue weighted by molar-refractivity contribution is 5.94. The van der Waals surface area contributed by atoms with Gasteiger partial charge in [-0.1, -0.05) is 29.7 Å². The number of hydrogen-bond acceptors (Lipinski definition) is 5. The molecule has 0 heterocycles. The molecular weight excluding hydrogens is 416 g/mol. The first-order valence-corrected chi connectivity index (χ1v) is 11.5. The van der Waals surface area contributed by atoms with Crippen molar-refractivity contribution < 1.29 is 24.5 Å². The zero-order chi connectivity index (χ0) is 25.1. The van der Waals surface area contributed by atoms with E-state index in [1.807, 2.05) is 53.7 Å². The minimum Gasteiger partial charge on any atom is -0.507 e. The van der Waals surface area contributed by atoms with Crippen molar-refractivity contribution in [1.29, 1.82) is 0 Å². The molecule has 1 aromatic rings. The van der Waals surface area contributed by atoms with E-state index in [9.17, 15) is 19.8 Å². The number of aryl methyl sites for hydroxylation is 1. The number of ether oxygens (including phenoxy) is 1. The Hall–Kier alpha value is -2.66. The molecule has 0 saturated carbocycles. The Balaban J connectivity index is 2.56. The summed E-state index contributed by atoms with van der Waals surface area (Å²) in [7, 11) is 1.59. The molecule has 182 valence electrons. The van der Waals surface area contributed by atoms with Gasteiger partial charge in [0.25, 0.3) is 0 Å². The molecular formula is C28H40O5. The number of allylic oxidation sites excluding steroid dienone is 5. The number of hydrogen-bond donors (Lipinski definition) is 2. The lowest BCUT2D eigenvalue weighted by atomic mass is 9.93. The van der Waals surface area contributed by atoms with E-state index in [0.29, 0.717) is 25.0 Å². The van der Waals surface area contributed by atoms with E-state index in [-0.39, 0.29) is 23.2 Å². The predicted molar refractivity (Wildman–Crippen MR) is 134 cm³/mol. The standard InChI is InChI=1S/C28H40O5/c1-18(2)13-26(30)28(32)21(5)10-8-9-19(3)14-24(29)15-20(4)11-12-23-17-25(33-7)16-22(6)27(23)31/h11,13-14,16-17,21,28,31-32H,8-10,12,15H2,1-7H3/b19-14+,20-11+. The fourth-order valence-corrected chi connectivity index (χ4v) is 3.63. The second-order valence-electron chi connectivity index (χ2n) is 9.28. The van der Waals surface area contributed by atoms with Gasteiger partial charge in [0.1, 0.15) is 17.6 Å². The molecule has 0 aliphatic carbocycles. The van der Waals surface area contributed by atoms with Crippen molar-refractivity contribution in [1.82, 2.24) is 0 Å². The number of rotatable bonds is 13. The zero-order valence-corrected chi connectivity index (χ0v) is 21.2. The van der Waals surface area contributed by atoms with Crippen LogP contribution in [0.5, 0.6) is 11.5 Å². The lowest BCUT2D eigenvalue weighted by Gasteiger charge is -2.16. The van der Waals surface area contributed by atoms with Crippen LogP contribution in [0.15, 0.2) is 47.1 Å². The van der Waals surface area contributed by atoms with Crippen LogP contribution in [0.2, 0.25) is 0 Å². The normalized spacial score (nSPS) is 13.9. The van der Waals surface area contributed by atoms with Gasteiger partial charge in [-0.2, -0.15) is 0 Å². The molecule has 0 aromatic heterocycles. The minimum atomic E-state index is -0.980. The topological polar surface area (TPSA) is 83.8 Å². The summed E-state index contributed by atoms with van der Waals surface area (Å²) >= 11 is 0. The summed E-state index contributed by atoms with van der Waals surface area (Å²) in [5.41, 5.74) is 4.34. The fourth-order valence-electron chi connectivity index (χ4n) is 3.63. The van der Waals surface area contributed by atoms with E-state index < -0.39 is 6.10 Å². The van der Waals surface area contributed by atoms with E-state index in [4.69, 9.17) is 4.74 Å². The molecule has 0 fully saturated rings. The smallest absolute Gasteiger partial charge is 0.184 e. The Morgan fingerprint density at radius 1 is 1.09 bits per heavy atom. The van der Waals surface area contributed by atoms with Crippen molar-refractivity contribution in [2.24, 2.45) is 5.92 Å². The molecule has 0 amide bonds. The van der Waals surface area contributed by atoms with Crippen LogP contribution in [0.1, 0.15) is 71.4 Å². The molecule has 2 atom stereocenters. The predicted octanol–water partition coefficient (Wildman–Crippen LogP) is 5.81. The van der Waals surface area contributed by atoms with Crippen LogP contribution >= 0.6 is 0 Å². The molecule has 0 saturated heterocycles.